The lowest BCUT2D eigenvalue weighted by molar-refractivity contribution is 0.0730. The summed E-state index contributed by atoms with van der Waals surface area (Å²) in [5.74, 6) is 0.335. The number of anilines is 1. The zero-order chi connectivity index (χ0) is 24.6. The van der Waals surface area contributed by atoms with Crippen LogP contribution in [0, 0.1) is 13.8 Å². The number of sulfonamides is 1. The summed E-state index contributed by atoms with van der Waals surface area (Å²) < 4.78 is 39.1. The summed E-state index contributed by atoms with van der Waals surface area (Å²) in [6.07, 6.45) is 1.56. The number of aryl methyl sites for hydroxylation is 2. The molecule has 1 amide bonds. The maximum Gasteiger partial charge on any atom is 0.260 e. The lowest BCUT2D eigenvalue weighted by Gasteiger charge is -2.26. The first-order chi connectivity index (χ1) is 16.8. The number of hydrogen-bond acceptors (Lipinski definition) is 7. The predicted octanol–water partition coefficient (Wildman–Crippen LogP) is 4.37. The zero-order valence-electron chi connectivity index (χ0n) is 19.4. The number of hydrogen-bond donors (Lipinski definition) is 0. The van der Waals surface area contributed by atoms with Crippen molar-refractivity contribution in [3.63, 3.8) is 0 Å². The second-order valence-corrected chi connectivity index (χ2v) is 11.4. The van der Waals surface area contributed by atoms with Crippen molar-refractivity contribution in [2.45, 2.75) is 25.3 Å². The summed E-state index contributed by atoms with van der Waals surface area (Å²) in [5.41, 5.74) is 3.41. The fourth-order valence-electron chi connectivity index (χ4n) is 4.13. The molecule has 2 aromatic heterocycles. The highest BCUT2D eigenvalue weighted by molar-refractivity contribution is 7.89. The van der Waals surface area contributed by atoms with Crippen LogP contribution in [0.2, 0.25) is 0 Å². The molecule has 2 aromatic carbocycles. The van der Waals surface area contributed by atoms with E-state index in [2.05, 4.69) is 6.07 Å². The van der Waals surface area contributed by atoms with E-state index >= 15 is 0 Å². The number of nitrogens with zero attached hydrogens (tertiary/aromatic N) is 3. The molecule has 1 fully saturated rings. The molecule has 1 aliphatic heterocycles. The smallest absolute Gasteiger partial charge is 0.260 e. The number of benzene rings is 2. The van der Waals surface area contributed by atoms with Gasteiger partial charge >= 0.3 is 0 Å². The fraction of sp³-hybridized carbons (Fsp3) is 0.280. The molecule has 0 N–H and O–H groups in total. The molecule has 10 heteroatoms. The Hall–Kier alpha value is -3.05. The highest BCUT2D eigenvalue weighted by Crippen LogP contribution is 2.34. The number of furan rings is 1. The van der Waals surface area contributed by atoms with E-state index in [9.17, 15) is 13.2 Å². The van der Waals surface area contributed by atoms with Crippen molar-refractivity contribution >= 4 is 42.6 Å². The van der Waals surface area contributed by atoms with Gasteiger partial charge in [-0.05, 0) is 67.4 Å². The summed E-state index contributed by atoms with van der Waals surface area (Å²) in [5, 5.41) is 0.556. The zero-order valence-corrected chi connectivity index (χ0v) is 21.1. The number of morpholine rings is 1. The Morgan fingerprint density at radius 1 is 1.11 bits per heavy atom. The molecule has 5 rings (SSSR count). The maximum absolute atomic E-state index is 13.6. The first-order valence-electron chi connectivity index (χ1n) is 11.2. The number of amides is 1. The summed E-state index contributed by atoms with van der Waals surface area (Å²) >= 11 is 1.45. The Bertz CT molecular complexity index is 1460. The molecule has 0 radical (unpaired) electrons. The summed E-state index contributed by atoms with van der Waals surface area (Å²) in [4.78, 5) is 20.1. The number of ether oxygens (including phenoxy) is 1. The molecule has 0 unspecified atom stereocenters. The lowest BCUT2D eigenvalue weighted by Crippen LogP contribution is -2.40. The van der Waals surface area contributed by atoms with Crippen molar-refractivity contribution in [3.8, 4) is 0 Å². The Kier molecular flexibility index (Phi) is 6.45. The van der Waals surface area contributed by atoms with Gasteiger partial charge < -0.3 is 9.15 Å². The van der Waals surface area contributed by atoms with Crippen LogP contribution in [0.4, 0.5) is 5.13 Å². The minimum absolute atomic E-state index is 0.152. The molecule has 182 valence electrons. The topological polar surface area (TPSA) is 93.0 Å². The second kappa shape index (κ2) is 9.54. The van der Waals surface area contributed by atoms with Crippen LogP contribution in [-0.2, 0) is 21.3 Å². The summed E-state index contributed by atoms with van der Waals surface area (Å²) in [7, 11) is -3.64. The summed E-state index contributed by atoms with van der Waals surface area (Å²) in [6.45, 7) is 5.63. The number of carbonyl (C=O) groups is 1. The van der Waals surface area contributed by atoms with Crippen molar-refractivity contribution in [2.24, 2.45) is 0 Å². The van der Waals surface area contributed by atoms with E-state index in [1.165, 1.54) is 27.8 Å². The fourth-order valence-corrected chi connectivity index (χ4v) is 6.55. The first kappa shape index (κ1) is 23.7. The quantitative estimate of drug-likeness (QED) is 0.382. The van der Waals surface area contributed by atoms with Crippen LogP contribution in [0.1, 0.15) is 27.2 Å². The van der Waals surface area contributed by atoms with Crippen molar-refractivity contribution in [2.75, 3.05) is 31.2 Å². The van der Waals surface area contributed by atoms with E-state index in [1.54, 1.807) is 35.4 Å². The van der Waals surface area contributed by atoms with E-state index in [4.69, 9.17) is 14.1 Å². The molecule has 8 nitrogen and oxygen atoms in total. The van der Waals surface area contributed by atoms with E-state index in [0.29, 0.717) is 42.8 Å². The van der Waals surface area contributed by atoms with Crippen LogP contribution in [0.15, 0.2) is 64.1 Å². The monoisotopic (exact) mass is 511 g/mol. The van der Waals surface area contributed by atoms with E-state index in [-0.39, 0.29) is 17.3 Å². The van der Waals surface area contributed by atoms with Crippen LogP contribution >= 0.6 is 11.3 Å². The normalized spacial score (nSPS) is 14.9. The largest absolute Gasteiger partial charge is 0.467 e. The van der Waals surface area contributed by atoms with E-state index in [1.807, 2.05) is 19.9 Å². The van der Waals surface area contributed by atoms with Gasteiger partial charge in [-0.25, -0.2) is 13.4 Å². The van der Waals surface area contributed by atoms with Gasteiger partial charge in [-0.1, -0.05) is 17.4 Å². The van der Waals surface area contributed by atoms with Gasteiger partial charge in [0.25, 0.3) is 5.91 Å². The Balaban J connectivity index is 1.48. The van der Waals surface area contributed by atoms with Crippen LogP contribution in [0.3, 0.4) is 0 Å². The highest BCUT2D eigenvalue weighted by Gasteiger charge is 2.28. The number of fused-ring (bicyclic) bond motifs is 1. The number of thiazole rings is 1. The molecule has 0 saturated carbocycles. The molecule has 35 heavy (non-hydrogen) atoms. The van der Waals surface area contributed by atoms with Gasteiger partial charge in [0.1, 0.15) is 5.76 Å². The first-order valence-corrected chi connectivity index (χ1v) is 13.5. The molecule has 1 saturated heterocycles. The van der Waals surface area contributed by atoms with Gasteiger partial charge in [0, 0.05) is 18.7 Å². The third-order valence-electron chi connectivity index (χ3n) is 5.89. The third kappa shape index (κ3) is 4.74. The standard InChI is InChI=1S/C25H25N3O5S2/c1-17-14-18(2)23-22(15-17)26-25(34-23)28(16-20-4-3-11-33-20)24(29)19-5-7-21(8-6-19)35(30,31)27-9-12-32-13-10-27/h3-8,11,14-15H,9-10,12-13,16H2,1-2H3. The highest BCUT2D eigenvalue weighted by atomic mass is 32.2. The lowest BCUT2D eigenvalue weighted by atomic mass is 10.1. The molecule has 3 heterocycles. The van der Waals surface area contributed by atoms with Crippen LogP contribution < -0.4 is 4.90 Å². The average Bonchev–Trinajstić information content (AvgIpc) is 3.53. The predicted molar refractivity (Wildman–Crippen MR) is 134 cm³/mol. The Morgan fingerprint density at radius 3 is 2.54 bits per heavy atom. The van der Waals surface area contributed by atoms with Gasteiger partial charge in [-0.3, -0.25) is 9.69 Å². The summed E-state index contributed by atoms with van der Waals surface area (Å²) in [6, 6.07) is 13.7. The molecule has 0 atom stereocenters. The Morgan fingerprint density at radius 2 is 1.86 bits per heavy atom. The van der Waals surface area contributed by atoms with Gasteiger partial charge in [-0.15, -0.1) is 0 Å². The van der Waals surface area contributed by atoms with Crippen molar-refractivity contribution in [1.29, 1.82) is 0 Å². The third-order valence-corrected chi connectivity index (χ3v) is 9.03. The molecule has 0 aliphatic carbocycles. The average molecular weight is 512 g/mol. The van der Waals surface area contributed by atoms with Crippen molar-refractivity contribution in [3.05, 3.63) is 77.2 Å². The minimum Gasteiger partial charge on any atom is -0.467 e. The van der Waals surface area contributed by atoms with Gasteiger partial charge in [0.15, 0.2) is 5.13 Å². The molecule has 0 spiro atoms. The molecule has 1 aliphatic rings. The Labute approximate surface area is 207 Å². The molecule has 4 aromatic rings. The van der Waals surface area contributed by atoms with Crippen molar-refractivity contribution in [1.82, 2.24) is 9.29 Å². The number of aromatic nitrogens is 1. The SMILES string of the molecule is Cc1cc(C)c2sc(N(Cc3ccco3)C(=O)c3ccc(S(=O)(=O)N4CCOCC4)cc3)nc2c1. The minimum atomic E-state index is -3.64. The van der Waals surface area contributed by atoms with Crippen LogP contribution in [-0.4, -0.2) is 49.9 Å². The number of carbonyl (C=O) groups excluding carboxylic acids is 1. The van der Waals surface area contributed by atoms with Gasteiger partial charge in [0.2, 0.25) is 10.0 Å². The number of rotatable bonds is 6. The van der Waals surface area contributed by atoms with E-state index in [0.717, 1.165) is 21.3 Å². The van der Waals surface area contributed by atoms with Gasteiger partial charge in [-0.2, -0.15) is 4.31 Å². The van der Waals surface area contributed by atoms with Gasteiger partial charge in [0.05, 0.1) is 41.1 Å². The second-order valence-electron chi connectivity index (χ2n) is 8.44. The van der Waals surface area contributed by atoms with E-state index < -0.39 is 10.0 Å². The molecular formula is C25H25N3O5S2. The van der Waals surface area contributed by atoms with Crippen molar-refractivity contribution < 1.29 is 22.4 Å². The van der Waals surface area contributed by atoms with Crippen LogP contribution in [0.25, 0.3) is 10.2 Å². The molecule has 0 bridgehead atoms. The molecular weight excluding hydrogens is 486 g/mol. The maximum atomic E-state index is 13.6. The van der Waals surface area contributed by atoms with Crippen LogP contribution in [0.5, 0.6) is 0 Å².